The minimum atomic E-state index is -0.158. The monoisotopic (exact) mass is 340 g/mol. The van der Waals surface area contributed by atoms with Gasteiger partial charge in [-0.1, -0.05) is 50.1 Å². The van der Waals surface area contributed by atoms with Crippen molar-refractivity contribution in [3.05, 3.63) is 53.7 Å². The van der Waals surface area contributed by atoms with Crippen molar-refractivity contribution in [3.8, 4) is 0 Å². The molecule has 0 atom stereocenters. The predicted octanol–water partition coefficient (Wildman–Crippen LogP) is 3.81. The van der Waals surface area contributed by atoms with Gasteiger partial charge in [-0.2, -0.15) is 0 Å². The van der Waals surface area contributed by atoms with Crippen LogP contribution < -0.4 is 10.2 Å². The fraction of sp³-hybridized carbons (Fsp3) is 0.450. The molecule has 0 saturated carbocycles. The van der Waals surface area contributed by atoms with Crippen molar-refractivity contribution >= 4 is 11.7 Å². The normalized spacial score (nSPS) is 10.7. The first-order chi connectivity index (χ1) is 12.1. The van der Waals surface area contributed by atoms with Gasteiger partial charge in [0.15, 0.2) is 11.5 Å². The third-order valence-electron chi connectivity index (χ3n) is 4.06. The molecule has 1 heterocycles. The molecule has 0 aliphatic carbocycles. The second-order valence-electron chi connectivity index (χ2n) is 6.45. The number of nitrogens with zero attached hydrogens (tertiary/aromatic N) is 3. The maximum absolute atomic E-state index is 12.1. The molecule has 0 aliphatic heterocycles. The number of hydrogen-bond acceptors (Lipinski definition) is 4. The van der Waals surface area contributed by atoms with Crippen molar-refractivity contribution < 1.29 is 4.79 Å². The molecule has 25 heavy (non-hydrogen) atoms. The molecule has 5 nitrogen and oxygen atoms in total. The topological polar surface area (TPSA) is 58.1 Å². The zero-order chi connectivity index (χ0) is 18.1. The Morgan fingerprint density at radius 3 is 2.44 bits per heavy atom. The van der Waals surface area contributed by atoms with Crippen LogP contribution in [-0.2, 0) is 6.54 Å². The van der Waals surface area contributed by atoms with E-state index in [0.717, 1.165) is 31.6 Å². The van der Waals surface area contributed by atoms with Crippen LogP contribution in [0.5, 0.6) is 0 Å². The smallest absolute Gasteiger partial charge is 0.271 e. The van der Waals surface area contributed by atoms with Crippen LogP contribution in [0.4, 0.5) is 5.82 Å². The molecule has 2 aromatic rings. The summed E-state index contributed by atoms with van der Waals surface area (Å²) in [5, 5.41) is 11.3. The fourth-order valence-electron chi connectivity index (χ4n) is 2.58. The molecule has 0 radical (unpaired) electrons. The molecular formula is C20H28N4O. The second-order valence-corrected chi connectivity index (χ2v) is 6.45. The second kappa shape index (κ2) is 9.77. The van der Waals surface area contributed by atoms with Gasteiger partial charge in [0, 0.05) is 19.1 Å². The van der Waals surface area contributed by atoms with Crippen molar-refractivity contribution in [2.75, 3.05) is 11.4 Å². The average Bonchev–Trinajstić information content (AvgIpc) is 2.64. The first-order valence-electron chi connectivity index (χ1n) is 9.04. The zero-order valence-corrected chi connectivity index (χ0v) is 15.4. The molecule has 0 saturated heterocycles. The first-order valence-corrected chi connectivity index (χ1v) is 9.04. The van der Waals surface area contributed by atoms with E-state index in [1.165, 1.54) is 5.56 Å². The first kappa shape index (κ1) is 18.9. The van der Waals surface area contributed by atoms with Gasteiger partial charge in [-0.05, 0) is 38.0 Å². The molecule has 1 aromatic heterocycles. The Balaban J connectivity index is 2.01. The molecule has 0 spiro atoms. The van der Waals surface area contributed by atoms with Gasteiger partial charge in [0.1, 0.15) is 0 Å². The van der Waals surface area contributed by atoms with Crippen LogP contribution in [0.3, 0.4) is 0 Å². The Morgan fingerprint density at radius 1 is 1.08 bits per heavy atom. The van der Waals surface area contributed by atoms with Crippen molar-refractivity contribution in [1.82, 2.24) is 15.5 Å². The molecule has 1 aromatic carbocycles. The number of aromatic nitrogens is 2. The summed E-state index contributed by atoms with van der Waals surface area (Å²) in [6.45, 7) is 7.83. The summed E-state index contributed by atoms with van der Waals surface area (Å²) in [6.07, 6.45) is 3.25. The molecule has 2 rings (SSSR count). The van der Waals surface area contributed by atoms with E-state index >= 15 is 0 Å². The van der Waals surface area contributed by atoms with Crippen LogP contribution in [0.15, 0.2) is 42.5 Å². The summed E-state index contributed by atoms with van der Waals surface area (Å²) in [4.78, 5) is 14.3. The van der Waals surface area contributed by atoms with E-state index in [-0.39, 0.29) is 11.9 Å². The van der Waals surface area contributed by atoms with E-state index in [0.29, 0.717) is 12.2 Å². The number of unbranched alkanes of at least 4 members (excludes halogenated alkanes) is 2. The van der Waals surface area contributed by atoms with Gasteiger partial charge in [0.25, 0.3) is 5.91 Å². The molecule has 0 unspecified atom stereocenters. The number of benzene rings is 1. The van der Waals surface area contributed by atoms with E-state index in [1.807, 2.05) is 24.3 Å². The SMILES string of the molecule is CCCCCNC(=O)c1ccc(N(Cc2ccccc2)C(C)C)nn1. The van der Waals surface area contributed by atoms with Gasteiger partial charge >= 0.3 is 0 Å². The number of amides is 1. The van der Waals surface area contributed by atoms with E-state index in [2.05, 4.69) is 53.3 Å². The average molecular weight is 340 g/mol. The maximum Gasteiger partial charge on any atom is 0.271 e. The lowest BCUT2D eigenvalue weighted by Crippen LogP contribution is -2.31. The van der Waals surface area contributed by atoms with Gasteiger partial charge in [-0.3, -0.25) is 4.79 Å². The summed E-state index contributed by atoms with van der Waals surface area (Å²) < 4.78 is 0. The number of nitrogens with one attached hydrogen (secondary N) is 1. The van der Waals surface area contributed by atoms with E-state index < -0.39 is 0 Å². The summed E-state index contributed by atoms with van der Waals surface area (Å²) in [5.41, 5.74) is 1.58. The number of rotatable bonds is 9. The van der Waals surface area contributed by atoms with Crippen molar-refractivity contribution in [3.63, 3.8) is 0 Å². The molecule has 0 fully saturated rings. The van der Waals surface area contributed by atoms with E-state index in [1.54, 1.807) is 6.07 Å². The lowest BCUT2D eigenvalue weighted by molar-refractivity contribution is 0.0947. The largest absolute Gasteiger partial charge is 0.351 e. The summed E-state index contributed by atoms with van der Waals surface area (Å²) in [5.74, 6) is 0.621. The molecule has 0 aliphatic rings. The fourth-order valence-corrected chi connectivity index (χ4v) is 2.58. The number of hydrogen-bond donors (Lipinski definition) is 1. The molecule has 134 valence electrons. The maximum atomic E-state index is 12.1. The van der Waals surface area contributed by atoms with Crippen LogP contribution in [-0.4, -0.2) is 28.7 Å². The number of anilines is 1. The molecule has 1 N–H and O–H groups in total. The van der Waals surface area contributed by atoms with Crippen molar-refractivity contribution in [2.24, 2.45) is 0 Å². The Bertz CT molecular complexity index is 641. The van der Waals surface area contributed by atoms with E-state index in [9.17, 15) is 4.79 Å². The Morgan fingerprint density at radius 2 is 1.84 bits per heavy atom. The molecular weight excluding hydrogens is 312 g/mol. The highest BCUT2D eigenvalue weighted by Crippen LogP contribution is 2.17. The standard InChI is InChI=1S/C20H28N4O/c1-4-5-9-14-21-20(25)18-12-13-19(23-22-18)24(16(2)3)15-17-10-7-6-8-11-17/h6-8,10-13,16H,4-5,9,14-15H2,1-3H3,(H,21,25). The van der Waals surface area contributed by atoms with Gasteiger partial charge < -0.3 is 10.2 Å². The van der Waals surface area contributed by atoms with Crippen LogP contribution >= 0.6 is 0 Å². The third-order valence-corrected chi connectivity index (χ3v) is 4.06. The third kappa shape index (κ3) is 5.85. The molecule has 0 bridgehead atoms. The predicted molar refractivity (Wildman–Crippen MR) is 102 cm³/mol. The number of carbonyl (C=O) groups is 1. The van der Waals surface area contributed by atoms with Crippen LogP contribution in [0, 0.1) is 0 Å². The van der Waals surface area contributed by atoms with Crippen LogP contribution in [0.1, 0.15) is 56.1 Å². The summed E-state index contributed by atoms with van der Waals surface area (Å²) in [7, 11) is 0. The van der Waals surface area contributed by atoms with Gasteiger partial charge in [-0.15, -0.1) is 10.2 Å². The quantitative estimate of drug-likeness (QED) is 0.705. The molecule has 5 heteroatoms. The number of carbonyl (C=O) groups excluding carboxylic acids is 1. The van der Waals surface area contributed by atoms with Gasteiger partial charge in [0.2, 0.25) is 0 Å². The Kier molecular flexibility index (Phi) is 7.38. The van der Waals surface area contributed by atoms with Crippen molar-refractivity contribution in [2.45, 2.75) is 52.6 Å². The lowest BCUT2D eigenvalue weighted by atomic mass is 10.2. The Hall–Kier alpha value is -2.43. The highest BCUT2D eigenvalue weighted by atomic mass is 16.1. The minimum absolute atomic E-state index is 0.158. The highest BCUT2D eigenvalue weighted by Gasteiger charge is 2.15. The van der Waals surface area contributed by atoms with Crippen LogP contribution in [0.25, 0.3) is 0 Å². The van der Waals surface area contributed by atoms with Crippen LogP contribution in [0.2, 0.25) is 0 Å². The lowest BCUT2D eigenvalue weighted by Gasteiger charge is -2.27. The zero-order valence-electron chi connectivity index (χ0n) is 15.4. The van der Waals surface area contributed by atoms with Crippen molar-refractivity contribution in [1.29, 1.82) is 0 Å². The summed E-state index contributed by atoms with van der Waals surface area (Å²) in [6, 6.07) is 14.2. The minimum Gasteiger partial charge on any atom is -0.351 e. The van der Waals surface area contributed by atoms with Gasteiger partial charge in [-0.25, -0.2) is 0 Å². The van der Waals surface area contributed by atoms with Gasteiger partial charge in [0.05, 0.1) is 0 Å². The summed E-state index contributed by atoms with van der Waals surface area (Å²) >= 11 is 0. The molecule has 1 amide bonds. The van der Waals surface area contributed by atoms with E-state index in [4.69, 9.17) is 0 Å². The highest BCUT2D eigenvalue weighted by molar-refractivity contribution is 5.92. The Labute approximate surface area is 150 Å².